The summed E-state index contributed by atoms with van der Waals surface area (Å²) in [4.78, 5) is 34.4. The van der Waals surface area contributed by atoms with E-state index < -0.39 is 18.0 Å². The van der Waals surface area contributed by atoms with Crippen molar-refractivity contribution in [3.8, 4) is 0 Å². The van der Waals surface area contributed by atoms with E-state index in [0.717, 1.165) is 12.8 Å². The number of esters is 2. The first kappa shape index (κ1) is 17.4. The summed E-state index contributed by atoms with van der Waals surface area (Å²) in [5.74, 6) is -1.43. The summed E-state index contributed by atoms with van der Waals surface area (Å²) in [5.41, 5.74) is 0. The fraction of sp³-hybridized carbons (Fsp3) is 0.769. The molecule has 0 saturated carbocycles. The molecule has 1 atom stereocenters. The van der Waals surface area contributed by atoms with Crippen molar-refractivity contribution in [2.75, 3.05) is 13.7 Å². The van der Waals surface area contributed by atoms with Gasteiger partial charge in [0.1, 0.15) is 6.04 Å². The first-order valence-electron chi connectivity index (χ1n) is 6.57. The van der Waals surface area contributed by atoms with Crippen LogP contribution in [0.5, 0.6) is 0 Å². The van der Waals surface area contributed by atoms with Crippen molar-refractivity contribution in [2.45, 2.75) is 52.0 Å². The second-order valence-corrected chi connectivity index (χ2v) is 4.17. The normalized spacial score (nSPS) is 11.5. The van der Waals surface area contributed by atoms with E-state index in [-0.39, 0.29) is 12.3 Å². The van der Waals surface area contributed by atoms with Crippen LogP contribution in [-0.4, -0.2) is 37.6 Å². The quantitative estimate of drug-likeness (QED) is 0.504. The van der Waals surface area contributed by atoms with E-state index in [4.69, 9.17) is 4.74 Å². The predicted octanol–water partition coefficient (Wildman–Crippen LogP) is 1.18. The number of hydrogen-bond acceptors (Lipinski definition) is 5. The Bertz CT molecular complexity index is 303. The van der Waals surface area contributed by atoms with Gasteiger partial charge in [-0.2, -0.15) is 0 Å². The summed E-state index contributed by atoms with van der Waals surface area (Å²) in [5, 5.41) is 2.48. The van der Waals surface area contributed by atoms with Gasteiger partial charge in [0, 0.05) is 6.42 Å². The highest BCUT2D eigenvalue weighted by atomic mass is 16.5. The SMILES string of the molecule is CCCCOC(=O)C[C@H](NC(=O)CCC)C(=O)OC. The fourth-order valence-corrected chi connectivity index (χ4v) is 1.39. The van der Waals surface area contributed by atoms with Gasteiger partial charge in [0.25, 0.3) is 0 Å². The third-order valence-corrected chi connectivity index (χ3v) is 2.43. The van der Waals surface area contributed by atoms with E-state index >= 15 is 0 Å². The Morgan fingerprint density at radius 3 is 2.37 bits per heavy atom. The Hall–Kier alpha value is -1.59. The van der Waals surface area contributed by atoms with Gasteiger partial charge in [-0.15, -0.1) is 0 Å². The van der Waals surface area contributed by atoms with E-state index in [9.17, 15) is 14.4 Å². The van der Waals surface area contributed by atoms with Gasteiger partial charge in [0.05, 0.1) is 20.1 Å². The fourth-order valence-electron chi connectivity index (χ4n) is 1.39. The number of amides is 1. The molecule has 0 aromatic heterocycles. The lowest BCUT2D eigenvalue weighted by Gasteiger charge is -2.15. The van der Waals surface area contributed by atoms with E-state index in [0.29, 0.717) is 19.4 Å². The van der Waals surface area contributed by atoms with Crippen LogP contribution in [0.25, 0.3) is 0 Å². The van der Waals surface area contributed by atoms with Gasteiger partial charge < -0.3 is 14.8 Å². The number of carbonyl (C=O) groups is 3. The van der Waals surface area contributed by atoms with Gasteiger partial charge in [-0.1, -0.05) is 20.3 Å². The van der Waals surface area contributed by atoms with Crippen molar-refractivity contribution in [3.63, 3.8) is 0 Å². The number of rotatable bonds is 9. The van der Waals surface area contributed by atoms with Crippen LogP contribution in [0.1, 0.15) is 46.0 Å². The van der Waals surface area contributed by atoms with Crippen LogP contribution in [0.3, 0.4) is 0 Å². The maximum atomic E-state index is 11.5. The summed E-state index contributed by atoms with van der Waals surface area (Å²) in [7, 11) is 1.21. The minimum atomic E-state index is -0.974. The maximum absolute atomic E-state index is 11.5. The summed E-state index contributed by atoms with van der Waals surface area (Å²) >= 11 is 0. The molecule has 0 aliphatic rings. The summed E-state index contributed by atoms with van der Waals surface area (Å²) in [6, 6.07) is -0.974. The van der Waals surface area contributed by atoms with Gasteiger partial charge in [0.15, 0.2) is 0 Å². The number of carbonyl (C=O) groups excluding carboxylic acids is 3. The Morgan fingerprint density at radius 2 is 1.84 bits per heavy atom. The van der Waals surface area contributed by atoms with Crippen molar-refractivity contribution in [1.82, 2.24) is 5.32 Å². The van der Waals surface area contributed by atoms with Crippen LogP contribution in [0.2, 0.25) is 0 Å². The van der Waals surface area contributed by atoms with E-state index in [1.807, 2.05) is 13.8 Å². The molecule has 0 radical (unpaired) electrons. The van der Waals surface area contributed by atoms with Crippen molar-refractivity contribution in [3.05, 3.63) is 0 Å². The molecule has 6 nitrogen and oxygen atoms in total. The highest BCUT2D eigenvalue weighted by molar-refractivity contribution is 5.87. The molecule has 0 rings (SSSR count). The molecule has 0 heterocycles. The van der Waals surface area contributed by atoms with Crippen LogP contribution in [0.15, 0.2) is 0 Å². The molecule has 0 saturated heterocycles. The molecule has 0 aromatic rings. The Morgan fingerprint density at radius 1 is 1.16 bits per heavy atom. The first-order chi connectivity index (χ1) is 9.04. The molecule has 0 fully saturated rings. The van der Waals surface area contributed by atoms with Crippen LogP contribution in [0.4, 0.5) is 0 Å². The highest BCUT2D eigenvalue weighted by Gasteiger charge is 2.25. The van der Waals surface area contributed by atoms with Crippen molar-refractivity contribution >= 4 is 17.8 Å². The lowest BCUT2D eigenvalue weighted by molar-refractivity contribution is -0.152. The third-order valence-electron chi connectivity index (χ3n) is 2.43. The molecule has 0 bridgehead atoms. The Balaban J connectivity index is 4.30. The molecule has 6 heteroatoms. The van der Waals surface area contributed by atoms with Crippen LogP contribution >= 0.6 is 0 Å². The zero-order valence-corrected chi connectivity index (χ0v) is 11.9. The van der Waals surface area contributed by atoms with E-state index in [2.05, 4.69) is 10.1 Å². The zero-order valence-electron chi connectivity index (χ0n) is 11.9. The molecule has 0 unspecified atom stereocenters. The monoisotopic (exact) mass is 273 g/mol. The number of hydrogen-bond donors (Lipinski definition) is 1. The summed E-state index contributed by atoms with van der Waals surface area (Å²) < 4.78 is 9.51. The maximum Gasteiger partial charge on any atom is 0.328 e. The summed E-state index contributed by atoms with van der Waals surface area (Å²) in [6.07, 6.45) is 2.46. The topological polar surface area (TPSA) is 81.7 Å². The minimum Gasteiger partial charge on any atom is -0.467 e. The number of nitrogens with one attached hydrogen (secondary N) is 1. The Labute approximate surface area is 113 Å². The van der Waals surface area contributed by atoms with Gasteiger partial charge in [-0.3, -0.25) is 9.59 Å². The van der Waals surface area contributed by atoms with Gasteiger partial charge in [0.2, 0.25) is 5.91 Å². The van der Waals surface area contributed by atoms with Gasteiger partial charge in [-0.05, 0) is 12.8 Å². The number of ether oxygens (including phenoxy) is 2. The van der Waals surface area contributed by atoms with E-state index in [1.165, 1.54) is 7.11 Å². The highest BCUT2D eigenvalue weighted by Crippen LogP contribution is 2.01. The molecule has 0 aliphatic carbocycles. The molecular weight excluding hydrogens is 250 g/mol. The molecule has 1 amide bonds. The van der Waals surface area contributed by atoms with Crippen LogP contribution in [-0.2, 0) is 23.9 Å². The lowest BCUT2D eigenvalue weighted by atomic mass is 10.2. The first-order valence-corrected chi connectivity index (χ1v) is 6.57. The second kappa shape index (κ2) is 10.3. The average Bonchev–Trinajstić information content (AvgIpc) is 2.37. The van der Waals surface area contributed by atoms with Gasteiger partial charge >= 0.3 is 11.9 Å². The number of methoxy groups -OCH3 is 1. The standard InChI is InChI=1S/C13H23NO5/c1-4-6-8-19-12(16)9-10(13(17)18-3)14-11(15)7-5-2/h10H,4-9H2,1-3H3,(H,14,15)/t10-/m0/s1. The van der Waals surface area contributed by atoms with Crippen molar-refractivity contribution in [1.29, 1.82) is 0 Å². The zero-order chi connectivity index (χ0) is 14.7. The molecular formula is C13H23NO5. The molecule has 0 spiro atoms. The van der Waals surface area contributed by atoms with Gasteiger partial charge in [-0.25, -0.2) is 4.79 Å². The molecule has 110 valence electrons. The predicted molar refractivity (Wildman–Crippen MR) is 69.3 cm³/mol. The van der Waals surface area contributed by atoms with Crippen molar-refractivity contribution in [2.24, 2.45) is 0 Å². The average molecular weight is 273 g/mol. The van der Waals surface area contributed by atoms with E-state index in [1.54, 1.807) is 0 Å². The van der Waals surface area contributed by atoms with Crippen LogP contribution < -0.4 is 5.32 Å². The lowest BCUT2D eigenvalue weighted by Crippen LogP contribution is -2.43. The molecule has 1 N–H and O–H groups in total. The number of unbranched alkanes of at least 4 members (excludes halogenated alkanes) is 1. The smallest absolute Gasteiger partial charge is 0.328 e. The molecule has 19 heavy (non-hydrogen) atoms. The second-order valence-electron chi connectivity index (χ2n) is 4.17. The Kier molecular flexibility index (Phi) is 9.48. The largest absolute Gasteiger partial charge is 0.467 e. The van der Waals surface area contributed by atoms with Crippen molar-refractivity contribution < 1.29 is 23.9 Å². The molecule has 0 aliphatic heterocycles. The third kappa shape index (κ3) is 8.18. The summed E-state index contributed by atoms with van der Waals surface area (Å²) in [6.45, 7) is 4.16. The minimum absolute atomic E-state index is 0.203. The van der Waals surface area contributed by atoms with Crippen LogP contribution in [0, 0.1) is 0 Å². The molecule has 0 aromatic carbocycles.